The van der Waals surface area contributed by atoms with E-state index in [4.69, 9.17) is 11.6 Å². The van der Waals surface area contributed by atoms with E-state index < -0.39 is 10.0 Å². The van der Waals surface area contributed by atoms with Crippen molar-refractivity contribution in [1.29, 1.82) is 0 Å². The summed E-state index contributed by atoms with van der Waals surface area (Å²) in [6.45, 7) is 0.980. The highest BCUT2D eigenvalue weighted by molar-refractivity contribution is 7.89. The van der Waals surface area contributed by atoms with Crippen LogP contribution in [0.1, 0.15) is 23.2 Å². The SMILES string of the molecule is O=C(Nc1cccc(C(=O)N2CCN(S(=O)(=O)c3ccc(Cl)cc3)CC2)c1)NC1CC1. The molecule has 2 aliphatic rings. The third kappa shape index (κ3) is 5.17. The van der Waals surface area contributed by atoms with E-state index in [1.165, 1.54) is 16.4 Å². The van der Waals surface area contributed by atoms with Crippen molar-refractivity contribution >= 4 is 39.2 Å². The first-order valence-electron chi connectivity index (χ1n) is 10.1. The van der Waals surface area contributed by atoms with Crippen molar-refractivity contribution in [2.45, 2.75) is 23.8 Å². The summed E-state index contributed by atoms with van der Waals surface area (Å²) in [5.74, 6) is -0.199. The van der Waals surface area contributed by atoms with Gasteiger partial charge in [0.2, 0.25) is 10.0 Å². The molecule has 31 heavy (non-hydrogen) atoms. The van der Waals surface area contributed by atoms with Crippen molar-refractivity contribution in [2.75, 3.05) is 31.5 Å². The molecular weight excluding hydrogens is 440 g/mol. The van der Waals surface area contributed by atoms with E-state index in [1.54, 1.807) is 41.3 Å². The van der Waals surface area contributed by atoms with Crippen molar-refractivity contribution in [3.63, 3.8) is 0 Å². The zero-order chi connectivity index (χ0) is 22.0. The van der Waals surface area contributed by atoms with E-state index in [9.17, 15) is 18.0 Å². The molecule has 2 fully saturated rings. The van der Waals surface area contributed by atoms with Gasteiger partial charge in [-0.25, -0.2) is 13.2 Å². The largest absolute Gasteiger partial charge is 0.336 e. The number of anilines is 1. The molecule has 8 nitrogen and oxygen atoms in total. The molecule has 0 radical (unpaired) electrons. The molecule has 3 amide bonds. The van der Waals surface area contributed by atoms with Crippen molar-refractivity contribution in [3.8, 4) is 0 Å². The summed E-state index contributed by atoms with van der Waals surface area (Å²) in [7, 11) is -3.64. The Bertz CT molecular complexity index is 1080. The van der Waals surface area contributed by atoms with Gasteiger partial charge >= 0.3 is 6.03 Å². The fraction of sp³-hybridized carbons (Fsp3) is 0.333. The predicted octanol–water partition coefficient (Wildman–Crippen LogP) is 2.77. The summed E-state index contributed by atoms with van der Waals surface area (Å²) in [6.07, 6.45) is 1.98. The average Bonchev–Trinajstić information content (AvgIpc) is 3.57. The second-order valence-electron chi connectivity index (χ2n) is 7.60. The number of piperazine rings is 1. The Morgan fingerprint density at radius 2 is 1.65 bits per heavy atom. The maximum absolute atomic E-state index is 12.9. The minimum Gasteiger partial charge on any atom is -0.336 e. The number of urea groups is 1. The van der Waals surface area contributed by atoms with E-state index in [2.05, 4.69) is 10.6 Å². The maximum Gasteiger partial charge on any atom is 0.319 e. The van der Waals surface area contributed by atoms with Gasteiger partial charge < -0.3 is 15.5 Å². The lowest BCUT2D eigenvalue weighted by atomic mass is 10.1. The predicted molar refractivity (Wildman–Crippen MR) is 118 cm³/mol. The number of hydrogen-bond donors (Lipinski definition) is 2. The van der Waals surface area contributed by atoms with Crippen LogP contribution in [-0.4, -0.2) is 61.8 Å². The van der Waals surface area contributed by atoms with Gasteiger partial charge in [0, 0.05) is 48.5 Å². The number of hydrogen-bond acceptors (Lipinski definition) is 4. The maximum atomic E-state index is 12.9. The molecule has 1 aliphatic carbocycles. The number of carbonyl (C=O) groups is 2. The van der Waals surface area contributed by atoms with Crippen LogP contribution in [0.3, 0.4) is 0 Å². The Morgan fingerprint density at radius 1 is 0.968 bits per heavy atom. The summed E-state index contributed by atoms with van der Waals surface area (Å²) >= 11 is 5.84. The van der Waals surface area contributed by atoms with E-state index >= 15 is 0 Å². The highest BCUT2D eigenvalue weighted by atomic mass is 35.5. The van der Waals surface area contributed by atoms with E-state index in [0.717, 1.165) is 12.8 Å². The molecule has 0 atom stereocenters. The second kappa shape index (κ2) is 8.86. The number of nitrogens with zero attached hydrogens (tertiary/aromatic N) is 2. The molecule has 1 saturated carbocycles. The molecule has 10 heteroatoms. The first-order valence-corrected chi connectivity index (χ1v) is 11.9. The molecular formula is C21H23ClN4O4S. The summed E-state index contributed by atoms with van der Waals surface area (Å²) < 4.78 is 27.0. The van der Waals surface area contributed by atoms with Gasteiger partial charge in [0.1, 0.15) is 0 Å². The fourth-order valence-electron chi connectivity index (χ4n) is 3.38. The van der Waals surface area contributed by atoms with E-state index in [0.29, 0.717) is 16.3 Å². The summed E-state index contributed by atoms with van der Waals surface area (Å²) in [5.41, 5.74) is 0.978. The van der Waals surface area contributed by atoms with Crippen molar-refractivity contribution < 1.29 is 18.0 Å². The number of amides is 3. The zero-order valence-corrected chi connectivity index (χ0v) is 18.3. The molecule has 2 aromatic rings. The number of nitrogens with one attached hydrogen (secondary N) is 2. The third-order valence-electron chi connectivity index (χ3n) is 5.26. The van der Waals surface area contributed by atoms with Gasteiger partial charge in [0.05, 0.1) is 4.90 Å². The van der Waals surface area contributed by atoms with Crippen LogP contribution < -0.4 is 10.6 Å². The smallest absolute Gasteiger partial charge is 0.319 e. The van der Waals surface area contributed by atoms with Crippen LogP contribution in [0.25, 0.3) is 0 Å². The molecule has 0 aromatic heterocycles. The van der Waals surface area contributed by atoms with E-state index in [-0.39, 0.29) is 49.1 Å². The van der Waals surface area contributed by atoms with Gasteiger partial charge in [-0.15, -0.1) is 0 Å². The number of sulfonamides is 1. The molecule has 4 rings (SSSR count). The molecule has 2 N–H and O–H groups in total. The molecule has 0 unspecified atom stereocenters. The van der Waals surface area contributed by atoms with E-state index in [1.807, 2.05) is 0 Å². The average molecular weight is 463 g/mol. The monoisotopic (exact) mass is 462 g/mol. The normalized spacial score (nSPS) is 17.3. The number of halogens is 1. The standard InChI is InChI=1S/C21H23ClN4O4S/c22-16-4-8-19(9-5-16)31(29,30)26-12-10-25(11-13-26)20(27)15-2-1-3-18(14-15)24-21(28)23-17-6-7-17/h1-5,8-9,14,17H,6-7,10-13H2,(H2,23,24,28). The topological polar surface area (TPSA) is 98.8 Å². The lowest BCUT2D eigenvalue weighted by Gasteiger charge is -2.34. The summed E-state index contributed by atoms with van der Waals surface area (Å²) in [5, 5.41) is 6.05. The van der Waals surface area contributed by atoms with Gasteiger partial charge in [0.25, 0.3) is 5.91 Å². The molecule has 164 valence electrons. The van der Waals surface area contributed by atoms with Gasteiger partial charge in [-0.3, -0.25) is 4.79 Å². The van der Waals surface area contributed by atoms with Crippen LogP contribution in [0.5, 0.6) is 0 Å². The molecule has 0 bridgehead atoms. The van der Waals surface area contributed by atoms with Gasteiger partial charge in [0.15, 0.2) is 0 Å². The Morgan fingerprint density at radius 3 is 2.29 bits per heavy atom. The Hall–Kier alpha value is -2.62. The van der Waals surface area contributed by atoms with Gasteiger partial charge in [-0.2, -0.15) is 4.31 Å². The summed E-state index contributed by atoms with van der Waals surface area (Å²) in [6, 6.07) is 12.7. The van der Waals surface area contributed by atoms with Crippen molar-refractivity contribution in [2.24, 2.45) is 0 Å². The molecule has 2 aromatic carbocycles. The van der Waals surface area contributed by atoms with Crippen LogP contribution >= 0.6 is 11.6 Å². The lowest BCUT2D eigenvalue weighted by Crippen LogP contribution is -2.50. The van der Waals surface area contributed by atoms with Crippen LogP contribution in [0.15, 0.2) is 53.4 Å². The molecule has 1 saturated heterocycles. The fourth-order valence-corrected chi connectivity index (χ4v) is 4.93. The Kier molecular flexibility index (Phi) is 6.17. The van der Waals surface area contributed by atoms with Crippen LogP contribution in [0.2, 0.25) is 5.02 Å². The number of rotatable bonds is 5. The second-order valence-corrected chi connectivity index (χ2v) is 9.98. The Balaban J connectivity index is 1.37. The number of benzene rings is 2. The summed E-state index contributed by atoms with van der Waals surface area (Å²) in [4.78, 5) is 26.6. The highest BCUT2D eigenvalue weighted by Crippen LogP contribution is 2.22. The third-order valence-corrected chi connectivity index (χ3v) is 7.42. The quantitative estimate of drug-likeness (QED) is 0.713. The van der Waals surface area contributed by atoms with Crippen LogP contribution in [0, 0.1) is 0 Å². The zero-order valence-electron chi connectivity index (χ0n) is 16.8. The molecule has 1 aliphatic heterocycles. The first-order chi connectivity index (χ1) is 14.8. The van der Waals surface area contributed by atoms with Crippen LogP contribution in [0.4, 0.5) is 10.5 Å². The molecule has 1 heterocycles. The van der Waals surface area contributed by atoms with Crippen molar-refractivity contribution in [1.82, 2.24) is 14.5 Å². The minimum absolute atomic E-state index is 0.180. The van der Waals surface area contributed by atoms with Gasteiger partial charge in [-0.05, 0) is 55.3 Å². The van der Waals surface area contributed by atoms with Crippen LogP contribution in [-0.2, 0) is 10.0 Å². The highest BCUT2D eigenvalue weighted by Gasteiger charge is 2.30. The minimum atomic E-state index is -3.64. The lowest BCUT2D eigenvalue weighted by molar-refractivity contribution is 0.0698. The molecule has 0 spiro atoms. The number of carbonyl (C=O) groups excluding carboxylic acids is 2. The first kappa shape index (κ1) is 21.6. The Labute approximate surface area is 186 Å². The van der Waals surface area contributed by atoms with Gasteiger partial charge in [-0.1, -0.05) is 17.7 Å². The van der Waals surface area contributed by atoms with Crippen molar-refractivity contribution in [3.05, 3.63) is 59.1 Å².